The lowest BCUT2D eigenvalue weighted by molar-refractivity contribution is -0.119. The van der Waals surface area contributed by atoms with Crippen molar-refractivity contribution >= 4 is 29.1 Å². The molecule has 0 bridgehead atoms. The van der Waals surface area contributed by atoms with Crippen LogP contribution < -0.4 is 15.0 Å². The van der Waals surface area contributed by atoms with Crippen molar-refractivity contribution in [3.8, 4) is 5.75 Å². The molecule has 2 aromatic carbocycles. The van der Waals surface area contributed by atoms with Crippen LogP contribution in [0, 0.1) is 0 Å². The third kappa shape index (κ3) is 4.26. The molecule has 0 unspecified atom stereocenters. The van der Waals surface area contributed by atoms with Crippen molar-refractivity contribution < 1.29 is 19.1 Å². The molecule has 0 aromatic heterocycles. The normalized spacial score (nSPS) is 16.6. The molecule has 0 aliphatic carbocycles. The molecular weight excluding hydrogens is 394 g/mol. The Labute approximate surface area is 182 Å². The lowest BCUT2D eigenvalue weighted by Crippen LogP contribution is -2.50. The van der Waals surface area contributed by atoms with E-state index in [1.165, 1.54) is 12.5 Å². The van der Waals surface area contributed by atoms with E-state index in [9.17, 15) is 14.4 Å². The van der Waals surface area contributed by atoms with Gasteiger partial charge < -0.3 is 19.9 Å². The summed E-state index contributed by atoms with van der Waals surface area (Å²) in [6, 6.07) is 13.2. The second-order valence-electron chi connectivity index (χ2n) is 8.01. The van der Waals surface area contributed by atoms with E-state index in [-0.39, 0.29) is 23.8 Å². The Morgan fingerprint density at radius 2 is 1.81 bits per heavy atom. The van der Waals surface area contributed by atoms with Gasteiger partial charge in [0.05, 0.1) is 18.4 Å². The molecule has 1 fully saturated rings. The first kappa shape index (κ1) is 20.9. The van der Waals surface area contributed by atoms with Gasteiger partial charge in [-0.25, -0.2) is 0 Å². The summed E-state index contributed by atoms with van der Waals surface area (Å²) in [5.74, 6) is 0.353. The molecule has 0 radical (unpaired) electrons. The zero-order chi connectivity index (χ0) is 22.0. The number of piperidine rings is 1. The van der Waals surface area contributed by atoms with Gasteiger partial charge in [-0.05, 0) is 43.0 Å². The van der Waals surface area contributed by atoms with Crippen molar-refractivity contribution in [2.75, 3.05) is 30.4 Å². The number of amides is 3. The number of carbonyl (C=O) groups excluding carboxylic acids is 3. The molecule has 2 aromatic rings. The minimum absolute atomic E-state index is 0.0867. The van der Waals surface area contributed by atoms with Gasteiger partial charge in [-0.3, -0.25) is 14.4 Å². The first-order chi connectivity index (χ1) is 15.0. The Morgan fingerprint density at radius 3 is 2.52 bits per heavy atom. The Hall–Kier alpha value is -3.35. The molecule has 3 amide bonds. The number of nitrogens with one attached hydrogen (secondary N) is 1. The third-order valence-electron chi connectivity index (χ3n) is 6.01. The number of carbonyl (C=O) groups is 3. The Morgan fingerprint density at radius 1 is 1.06 bits per heavy atom. The molecule has 162 valence electrons. The number of rotatable bonds is 4. The van der Waals surface area contributed by atoms with Gasteiger partial charge in [-0.15, -0.1) is 0 Å². The number of nitrogens with zero attached hydrogens (tertiary/aromatic N) is 2. The summed E-state index contributed by atoms with van der Waals surface area (Å²) >= 11 is 0. The number of benzene rings is 2. The molecule has 0 spiro atoms. The summed E-state index contributed by atoms with van der Waals surface area (Å²) in [6.45, 7) is 2.52. The van der Waals surface area contributed by atoms with Gasteiger partial charge in [0.1, 0.15) is 5.75 Å². The predicted molar refractivity (Wildman–Crippen MR) is 118 cm³/mol. The summed E-state index contributed by atoms with van der Waals surface area (Å²) in [4.78, 5) is 41.2. The molecular formula is C24H27N3O4. The van der Waals surface area contributed by atoms with Crippen LogP contribution in [0.4, 0.5) is 11.4 Å². The van der Waals surface area contributed by atoms with Crippen LogP contribution in [-0.2, 0) is 16.0 Å². The van der Waals surface area contributed by atoms with Crippen LogP contribution in [0.15, 0.2) is 42.5 Å². The summed E-state index contributed by atoms with van der Waals surface area (Å²) < 4.78 is 5.22. The van der Waals surface area contributed by atoms with E-state index < -0.39 is 0 Å². The van der Waals surface area contributed by atoms with Crippen LogP contribution in [0.1, 0.15) is 42.1 Å². The zero-order valence-corrected chi connectivity index (χ0v) is 17.9. The Bertz CT molecular complexity index is 1010. The number of methoxy groups -OCH3 is 1. The molecule has 4 rings (SSSR count). The molecule has 2 aliphatic rings. The van der Waals surface area contributed by atoms with Gasteiger partial charge >= 0.3 is 0 Å². The summed E-state index contributed by atoms with van der Waals surface area (Å²) in [5, 5.41) is 2.73. The summed E-state index contributed by atoms with van der Waals surface area (Å²) in [5.41, 5.74) is 3.10. The second kappa shape index (κ2) is 8.79. The minimum atomic E-state index is -0.247. The lowest BCUT2D eigenvalue weighted by atomic mass is 9.95. The van der Waals surface area contributed by atoms with Crippen molar-refractivity contribution in [3.63, 3.8) is 0 Å². The monoisotopic (exact) mass is 421 g/mol. The highest BCUT2D eigenvalue weighted by Crippen LogP contribution is 2.33. The average Bonchev–Trinajstić information content (AvgIpc) is 2.78. The van der Waals surface area contributed by atoms with E-state index in [4.69, 9.17) is 4.74 Å². The van der Waals surface area contributed by atoms with E-state index in [0.717, 1.165) is 24.9 Å². The maximum atomic E-state index is 13.2. The zero-order valence-electron chi connectivity index (χ0n) is 17.9. The number of hydrogen-bond acceptors (Lipinski definition) is 4. The number of aryl methyl sites for hydroxylation is 1. The molecule has 7 nitrogen and oxygen atoms in total. The quantitative estimate of drug-likeness (QED) is 0.822. The number of likely N-dealkylation sites (tertiary alicyclic amines) is 1. The molecule has 0 saturated carbocycles. The molecule has 7 heteroatoms. The van der Waals surface area contributed by atoms with E-state index >= 15 is 0 Å². The number of anilines is 2. The van der Waals surface area contributed by atoms with Gasteiger partial charge in [0.25, 0.3) is 5.91 Å². The van der Waals surface area contributed by atoms with E-state index in [2.05, 4.69) is 11.4 Å². The minimum Gasteiger partial charge on any atom is -0.497 e. The van der Waals surface area contributed by atoms with Crippen molar-refractivity contribution in [2.24, 2.45) is 0 Å². The first-order valence-electron chi connectivity index (χ1n) is 10.6. The van der Waals surface area contributed by atoms with E-state index in [1.807, 2.05) is 23.1 Å². The van der Waals surface area contributed by atoms with E-state index in [0.29, 0.717) is 36.5 Å². The van der Waals surface area contributed by atoms with Gasteiger partial charge in [0.15, 0.2) is 0 Å². The topological polar surface area (TPSA) is 79.0 Å². The smallest absolute Gasteiger partial charge is 0.255 e. The maximum Gasteiger partial charge on any atom is 0.255 e. The van der Waals surface area contributed by atoms with E-state index in [1.54, 1.807) is 30.2 Å². The average molecular weight is 421 g/mol. The molecule has 1 saturated heterocycles. The standard InChI is InChI=1S/C24H27N3O4/c1-16(28)25-21-15-19(31-2)8-9-20(21)24(30)26-13-11-18(12-14-26)27-22-6-4-3-5-17(22)7-10-23(27)29/h3-6,8-9,15,18H,7,10-14H2,1-2H3,(H,25,28). The summed E-state index contributed by atoms with van der Waals surface area (Å²) in [7, 11) is 1.54. The Balaban J connectivity index is 1.49. The molecule has 2 heterocycles. The number of ether oxygens (including phenoxy) is 1. The summed E-state index contributed by atoms with van der Waals surface area (Å²) in [6.07, 6.45) is 2.75. The third-order valence-corrected chi connectivity index (χ3v) is 6.01. The molecule has 0 atom stereocenters. The number of hydrogen-bond donors (Lipinski definition) is 1. The van der Waals surface area contributed by atoms with Gasteiger partial charge in [0.2, 0.25) is 11.8 Å². The highest BCUT2D eigenvalue weighted by molar-refractivity contribution is 6.04. The molecule has 2 aliphatic heterocycles. The van der Waals surface area contributed by atoms with Crippen LogP contribution in [0.5, 0.6) is 5.75 Å². The maximum absolute atomic E-state index is 13.2. The van der Waals surface area contributed by atoms with Crippen LogP contribution in [0.25, 0.3) is 0 Å². The fourth-order valence-corrected chi connectivity index (χ4v) is 4.48. The van der Waals surface area contributed by atoms with Crippen molar-refractivity contribution in [3.05, 3.63) is 53.6 Å². The van der Waals surface area contributed by atoms with Gasteiger partial charge in [-0.1, -0.05) is 18.2 Å². The van der Waals surface area contributed by atoms with Crippen LogP contribution >= 0.6 is 0 Å². The fourth-order valence-electron chi connectivity index (χ4n) is 4.48. The van der Waals surface area contributed by atoms with Crippen molar-refractivity contribution in [2.45, 2.75) is 38.6 Å². The fraction of sp³-hybridized carbons (Fsp3) is 0.375. The van der Waals surface area contributed by atoms with Gasteiger partial charge in [0, 0.05) is 44.2 Å². The largest absolute Gasteiger partial charge is 0.497 e. The molecule has 1 N–H and O–H groups in total. The number of para-hydroxylation sites is 1. The first-order valence-corrected chi connectivity index (χ1v) is 10.6. The Kier molecular flexibility index (Phi) is 5.93. The highest BCUT2D eigenvalue weighted by atomic mass is 16.5. The lowest BCUT2D eigenvalue weighted by Gasteiger charge is -2.41. The number of fused-ring (bicyclic) bond motifs is 1. The predicted octanol–water partition coefficient (Wildman–Crippen LogP) is 3.24. The van der Waals surface area contributed by atoms with Crippen LogP contribution in [0.2, 0.25) is 0 Å². The molecule has 31 heavy (non-hydrogen) atoms. The van der Waals surface area contributed by atoms with Gasteiger partial charge in [-0.2, -0.15) is 0 Å². The second-order valence-corrected chi connectivity index (χ2v) is 8.01. The highest BCUT2D eigenvalue weighted by Gasteiger charge is 2.34. The van der Waals surface area contributed by atoms with Crippen LogP contribution in [0.3, 0.4) is 0 Å². The van der Waals surface area contributed by atoms with Crippen molar-refractivity contribution in [1.82, 2.24) is 4.90 Å². The van der Waals surface area contributed by atoms with Crippen LogP contribution in [-0.4, -0.2) is 48.9 Å². The SMILES string of the molecule is COc1ccc(C(=O)N2CCC(N3C(=O)CCc4ccccc43)CC2)c(NC(C)=O)c1. The van der Waals surface area contributed by atoms with Crippen molar-refractivity contribution in [1.29, 1.82) is 0 Å².